The molecule has 0 unspecified atom stereocenters. The molecule has 1 aliphatic carbocycles. The van der Waals surface area contributed by atoms with Crippen molar-refractivity contribution < 1.29 is 8.42 Å². The van der Waals surface area contributed by atoms with Gasteiger partial charge in [-0.25, -0.2) is 13.1 Å². The summed E-state index contributed by atoms with van der Waals surface area (Å²) in [6, 6.07) is 3.37. The van der Waals surface area contributed by atoms with E-state index >= 15 is 0 Å². The average molecular weight is 342 g/mol. The Bertz CT molecular complexity index is 479. The summed E-state index contributed by atoms with van der Waals surface area (Å²) >= 11 is 6.24. The monoisotopic (exact) mass is 341 g/mol. The van der Waals surface area contributed by atoms with E-state index in [4.69, 9.17) is 0 Å². The van der Waals surface area contributed by atoms with Gasteiger partial charge in [0.2, 0.25) is 10.0 Å². The van der Waals surface area contributed by atoms with Crippen LogP contribution in [0.15, 0.2) is 20.1 Å². The third-order valence-corrected chi connectivity index (χ3v) is 7.57. The molecular weight excluding hydrogens is 330 g/mol. The maximum Gasteiger partial charge on any atom is 0.250 e. The number of sulfonamides is 1. The van der Waals surface area contributed by atoms with Gasteiger partial charge in [0.15, 0.2) is 0 Å². The van der Waals surface area contributed by atoms with Crippen LogP contribution >= 0.6 is 39.0 Å². The van der Waals surface area contributed by atoms with E-state index < -0.39 is 10.0 Å². The number of hydrogen-bond donors (Lipinski definition) is 1. The second-order valence-electron chi connectivity index (χ2n) is 3.77. The predicted octanol–water partition coefficient (Wildman–Crippen LogP) is 2.68. The summed E-state index contributed by atoms with van der Waals surface area (Å²) in [5.41, 5.74) is 0. The van der Waals surface area contributed by atoms with Crippen molar-refractivity contribution in [2.75, 3.05) is 12.8 Å². The molecule has 0 atom stereocenters. The first-order valence-corrected chi connectivity index (χ1v) is 9.09. The van der Waals surface area contributed by atoms with Crippen molar-refractivity contribution in [3.63, 3.8) is 0 Å². The maximum absolute atomic E-state index is 11.9. The topological polar surface area (TPSA) is 46.2 Å². The Kier molecular flexibility index (Phi) is 3.71. The molecule has 0 bridgehead atoms. The smallest absolute Gasteiger partial charge is 0.209 e. The van der Waals surface area contributed by atoms with Crippen LogP contribution < -0.4 is 4.72 Å². The fraction of sp³-hybridized carbons (Fsp3) is 0.556. The van der Waals surface area contributed by atoms with Gasteiger partial charge in [0.1, 0.15) is 4.21 Å². The molecule has 0 aliphatic heterocycles. The zero-order valence-electron chi connectivity index (χ0n) is 8.70. The number of rotatable bonds is 5. The van der Waals surface area contributed by atoms with Gasteiger partial charge in [-0.15, -0.1) is 11.3 Å². The van der Waals surface area contributed by atoms with Crippen LogP contribution in [0.3, 0.4) is 0 Å². The van der Waals surface area contributed by atoms with Crippen molar-refractivity contribution in [3.8, 4) is 0 Å². The first kappa shape index (κ1) is 12.9. The Hall–Kier alpha value is 0.440. The van der Waals surface area contributed by atoms with Crippen molar-refractivity contribution in [3.05, 3.63) is 15.9 Å². The fourth-order valence-electron chi connectivity index (χ4n) is 1.33. The molecule has 0 amide bonds. The fourth-order valence-corrected chi connectivity index (χ4v) is 5.33. The van der Waals surface area contributed by atoms with Gasteiger partial charge in [0, 0.05) is 11.3 Å². The molecule has 1 fully saturated rings. The van der Waals surface area contributed by atoms with Crippen LogP contribution in [0.25, 0.3) is 0 Å². The summed E-state index contributed by atoms with van der Waals surface area (Å²) in [5.74, 6) is 0. The van der Waals surface area contributed by atoms with Gasteiger partial charge in [-0.05, 0) is 47.2 Å². The van der Waals surface area contributed by atoms with Crippen molar-refractivity contribution in [2.45, 2.75) is 21.8 Å². The van der Waals surface area contributed by atoms with Crippen LogP contribution in [-0.4, -0.2) is 26.0 Å². The Labute approximate surface area is 112 Å². The highest BCUT2D eigenvalue weighted by Gasteiger charge is 2.42. The van der Waals surface area contributed by atoms with Crippen LogP contribution in [0.1, 0.15) is 12.8 Å². The molecule has 2 rings (SSSR count). The van der Waals surface area contributed by atoms with E-state index in [1.165, 1.54) is 11.3 Å². The van der Waals surface area contributed by atoms with Gasteiger partial charge in [0.25, 0.3) is 0 Å². The van der Waals surface area contributed by atoms with Crippen molar-refractivity contribution in [1.82, 2.24) is 4.72 Å². The molecule has 0 radical (unpaired) electrons. The van der Waals surface area contributed by atoms with E-state index in [-0.39, 0.29) is 4.75 Å². The molecule has 1 N–H and O–H groups in total. The number of thioether (sulfide) groups is 1. The highest BCUT2D eigenvalue weighted by molar-refractivity contribution is 9.11. The summed E-state index contributed by atoms with van der Waals surface area (Å²) < 4.78 is 27.9. The second kappa shape index (κ2) is 4.61. The SMILES string of the molecule is CSC1(CNS(=O)(=O)c2ccc(Br)s2)CC1. The third-order valence-electron chi connectivity index (χ3n) is 2.64. The largest absolute Gasteiger partial charge is 0.250 e. The minimum atomic E-state index is -3.32. The molecule has 90 valence electrons. The number of nitrogens with one attached hydrogen (secondary N) is 1. The van der Waals surface area contributed by atoms with Crippen LogP contribution in [0.5, 0.6) is 0 Å². The summed E-state index contributed by atoms with van der Waals surface area (Å²) in [6.07, 6.45) is 4.23. The Morgan fingerprint density at radius 1 is 1.56 bits per heavy atom. The van der Waals surface area contributed by atoms with E-state index in [0.717, 1.165) is 16.6 Å². The minimum absolute atomic E-state index is 0.154. The van der Waals surface area contributed by atoms with Crippen molar-refractivity contribution in [2.24, 2.45) is 0 Å². The van der Waals surface area contributed by atoms with Gasteiger partial charge >= 0.3 is 0 Å². The van der Waals surface area contributed by atoms with Crippen LogP contribution in [0, 0.1) is 0 Å². The highest BCUT2D eigenvalue weighted by atomic mass is 79.9. The van der Waals surface area contributed by atoms with Crippen molar-refractivity contribution >= 4 is 49.1 Å². The Balaban J connectivity index is 2.04. The first-order valence-electron chi connectivity index (χ1n) is 4.78. The molecule has 1 aromatic heterocycles. The van der Waals surface area contributed by atoms with E-state index in [1.54, 1.807) is 23.9 Å². The molecule has 0 spiro atoms. The molecule has 1 aliphatic rings. The predicted molar refractivity (Wildman–Crippen MR) is 72.7 cm³/mol. The zero-order chi connectivity index (χ0) is 11.8. The summed E-state index contributed by atoms with van der Waals surface area (Å²) in [6.45, 7) is 0.534. The van der Waals surface area contributed by atoms with E-state index in [1.807, 2.05) is 6.26 Å². The lowest BCUT2D eigenvalue weighted by atomic mass is 10.4. The number of thiophene rings is 1. The molecule has 16 heavy (non-hydrogen) atoms. The van der Waals surface area contributed by atoms with E-state index in [2.05, 4.69) is 20.7 Å². The number of halogens is 1. The van der Waals surface area contributed by atoms with Crippen LogP contribution in [0.4, 0.5) is 0 Å². The lowest BCUT2D eigenvalue weighted by Gasteiger charge is -2.12. The zero-order valence-corrected chi connectivity index (χ0v) is 12.7. The minimum Gasteiger partial charge on any atom is -0.209 e. The molecule has 1 heterocycles. The van der Waals surface area contributed by atoms with E-state index in [0.29, 0.717) is 10.8 Å². The second-order valence-corrected chi connectivity index (χ2v) is 9.50. The highest BCUT2D eigenvalue weighted by Crippen LogP contribution is 2.46. The summed E-state index contributed by atoms with van der Waals surface area (Å²) in [7, 11) is -3.32. The van der Waals surface area contributed by atoms with Crippen molar-refractivity contribution in [1.29, 1.82) is 0 Å². The Morgan fingerprint density at radius 2 is 2.25 bits per heavy atom. The lowest BCUT2D eigenvalue weighted by Crippen LogP contribution is -2.31. The van der Waals surface area contributed by atoms with Gasteiger partial charge in [0.05, 0.1) is 3.79 Å². The average Bonchev–Trinajstić information content (AvgIpc) is 2.91. The standard InChI is InChI=1S/C9H12BrNO2S3/c1-14-9(4-5-9)6-11-16(12,13)8-3-2-7(10)15-8/h2-3,11H,4-6H2,1H3. The quantitative estimate of drug-likeness (QED) is 0.895. The first-order chi connectivity index (χ1) is 7.47. The molecule has 7 heteroatoms. The normalized spacial score (nSPS) is 18.6. The molecule has 1 saturated carbocycles. The van der Waals surface area contributed by atoms with Gasteiger partial charge < -0.3 is 0 Å². The summed E-state index contributed by atoms with van der Waals surface area (Å²) in [5, 5.41) is 0. The van der Waals surface area contributed by atoms with Gasteiger partial charge in [-0.2, -0.15) is 11.8 Å². The molecule has 1 aromatic rings. The summed E-state index contributed by atoms with van der Waals surface area (Å²) in [4.78, 5) is 0. The van der Waals surface area contributed by atoms with Crippen LogP contribution in [-0.2, 0) is 10.0 Å². The lowest BCUT2D eigenvalue weighted by molar-refractivity contribution is 0.582. The van der Waals surface area contributed by atoms with Gasteiger partial charge in [-0.3, -0.25) is 0 Å². The van der Waals surface area contributed by atoms with E-state index in [9.17, 15) is 8.42 Å². The molecular formula is C9H12BrNO2S3. The molecule has 0 aromatic carbocycles. The van der Waals surface area contributed by atoms with Crippen LogP contribution in [0.2, 0.25) is 0 Å². The maximum atomic E-state index is 11.9. The molecule has 3 nitrogen and oxygen atoms in total. The third kappa shape index (κ3) is 2.81. The number of hydrogen-bond acceptors (Lipinski definition) is 4. The Morgan fingerprint density at radius 3 is 2.69 bits per heavy atom. The molecule has 0 saturated heterocycles. The van der Waals surface area contributed by atoms with Gasteiger partial charge in [-0.1, -0.05) is 0 Å².